The number of pyridine rings is 1. The number of nitrogens with two attached hydrogens (primary N) is 1. The first-order chi connectivity index (χ1) is 11.7. The maximum absolute atomic E-state index is 6.29. The topological polar surface area (TPSA) is 94.5 Å². The smallest absolute Gasteiger partial charge is 0.167 e. The predicted octanol–water partition coefficient (Wildman–Crippen LogP) is 2.84. The number of hydrogen-bond acceptors (Lipinski definition) is 6. The summed E-state index contributed by atoms with van der Waals surface area (Å²) in [7, 11) is 0. The highest BCUT2D eigenvalue weighted by Gasteiger charge is 2.13. The average Bonchev–Trinajstić information content (AvgIpc) is 3.01. The van der Waals surface area contributed by atoms with Gasteiger partial charge in [0.1, 0.15) is 24.2 Å². The van der Waals surface area contributed by atoms with Gasteiger partial charge in [0.15, 0.2) is 11.6 Å². The van der Waals surface area contributed by atoms with E-state index < -0.39 is 0 Å². The summed E-state index contributed by atoms with van der Waals surface area (Å²) < 4.78 is 1.85. The quantitative estimate of drug-likeness (QED) is 0.603. The number of hydrogen-bond donors (Lipinski definition) is 2. The zero-order valence-corrected chi connectivity index (χ0v) is 13.0. The molecule has 0 radical (unpaired) electrons. The fourth-order valence-corrected chi connectivity index (χ4v) is 2.53. The molecule has 0 saturated heterocycles. The summed E-state index contributed by atoms with van der Waals surface area (Å²) in [6.07, 6.45) is 4.91. The second-order valence-electron chi connectivity index (χ2n) is 5.41. The van der Waals surface area contributed by atoms with Gasteiger partial charge in [0.2, 0.25) is 0 Å². The zero-order valence-electron chi connectivity index (χ0n) is 13.0. The van der Waals surface area contributed by atoms with E-state index in [9.17, 15) is 0 Å². The molecule has 4 aromatic rings. The van der Waals surface area contributed by atoms with Gasteiger partial charge in [0, 0.05) is 6.20 Å². The summed E-state index contributed by atoms with van der Waals surface area (Å²) in [4.78, 5) is 17.2. The van der Waals surface area contributed by atoms with E-state index in [1.54, 1.807) is 12.5 Å². The zero-order chi connectivity index (χ0) is 16.5. The van der Waals surface area contributed by atoms with Crippen LogP contribution in [0.1, 0.15) is 5.56 Å². The number of anilines is 3. The average molecular weight is 317 g/mol. The first-order valence-corrected chi connectivity index (χ1v) is 7.45. The molecular formula is C17H15N7. The predicted molar refractivity (Wildman–Crippen MR) is 93.3 cm³/mol. The number of para-hydroxylation sites is 2. The molecule has 0 unspecified atom stereocenters. The van der Waals surface area contributed by atoms with Crippen molar-refractivity contribution >= 4 is 28.4 Å². The number of imidazole rings is 1. The summed E-state index contributed by atoms with van der Waals surface area (Å²) in [6, 6.07) is 11.7. The Labute approximate surface area is 138 Å². The Balaban J connectivity index is 1.78. The minimum Gasteiger partial charge on any atom is -0.393 e. The highest BCUT2D eigenvalue weighted by molar-refractivity contribution is 5.80. The van der Waals surface area contributed by atoms with Crippen molar-refractivity contribution in [3.05, 3.63) is 60.8 Å². The van der Waals surface area contributed by atoms with Crippen LogP contribution in [-0.2, 0) is 0 Å². The van der Waals surface area contributed by atoms with Crippen molar-refractivity contribution in [1.82, 2.24) is 24.5 Å². The number of aromatic nitrogens is 5. The van der Waals surface area contributed by atoms with E-state index in [0.29, 0.717) is 23.1 Å². The lowest BCUT2D eigenvalue weighted by molar-refractivity contribution is 1.00. The maximum atomic E-state index is 6.29. The molecule has 118 valence electrons. The molecular weight excluding hydrogens is 302 g/mol. The molecule has 0 saturated carbocycles. The van der Waals surface area contributed by atoms with Gasteiger partial charge in [-0.15, -0.1) is 0 Å². The fraction of sp³-hybridized carbons (Fsp3) is 0.0588. The van der Waals surface area contributed by atoms with Gasteiger partial charge in [-0.25, -0.2) is 19.9 Å². The van der Waals surface area contributed by atoms with E-state index in [1.165, 1.54) is 6.33 Å². The Hall–Kier alpha value is -3.48. The fourth-order valence-electron chi connectivity index (χ4n) is 2.53. The number of nitrogens with zero attached hydrogens (tertiary/aromatic N) is 5. The molecule has 3 heterocycles. The number of benzene rings is 1. The van der Waals surface area contributed by atoms with Crippen molar-refractivity contribution in [1.29, 1.82) is 0 Å². The third kappa shape index (κ3) is 2.41. The van der Waals surface area contributed by atoms with E-state index in [4.69, 9.17) is 5.73 Å². The Bertz CT molecular complexity index is 1020. The van der Waals surface area contributed by atoms with Gasteiger partial charge < -0.3 is 11.1 Å². The summed E-state index contributed by atoms with van der Waals surface area (Å²) in [5.41, 5.74) is 9.63. The molecule has 3 N–H and O–H groups in total. The molecule has 0 aliphatic carbocycles. The second kappa shape index (κ2) is 5.62. The lowest BCUT2D eigenvalue weighted by atomic mass is 10.3. The molecule has 0 bridgehead atoms. The molecule has 3 aromatic heterocycles. The van der Waals surface area contributed by atoms with Crippen LogP contribution in [0.25, 0.3) is 16.9 Å². The number of aryl methyl sites for hydroxylation is 1. The minimum atomic E-state index is 0.434. The lowest BCUT2D eigenvalue weighted by Crippen LogP contribution is -2.07. The summed E-state index contributed by atoms with van der Waals surface area (Å²) in [5, 5.41) is 3.14. The van der Waals surface area contributed by atoms with Gasteiger partial charge in [-0.3, -0.25) is 4.57 Å². The van der Waals surface area contributed by atoms with Gasteiger partial charge in [-0.1, -0.05) is 12.1 Å². The largest absolute Gasteiger partial charge is 0.393 e. The van der Waals surface area contributed by atoms with Gasteiger partial charge in [-0.2, -0.15) is 0 Å². The van der Waals surface area contributed by atoms with E-state index in [2.05, 4.69) is 25.3 Å². The van der Waals surface area contributed by atoms with Gasteiger partial charge in [-0.05, 0) is 36.8 Å². The molecule has 0 spiro atoms. The van der Waals surface area contributed by atoms with Crippen LogP contribution < -0.4 is 11.1 Å². The Morgan fingerprint density at radius 2 is 1.92 bits per heavy atom. The molecule has 7 nitrogen and oxygen atoms in total. The summed E-state index contributed by atoms with van der Waals surface area (Å²) in [5.74, 6) is 1.77. The summed E-state index contributed by atoms with van der Waals surface area (Å²) >= 11 is 0. The van der Waals surface area contributed by atoms with Crippen LogP contribution in [0.2, 0.25) is 0 Å². The number of rotatable bonds is 3. The van der Waals surface area contributed by atoms with Gasteiger partial charge in [0.25, 0.3) is 0 Å². The molecule has 0 aliphatic heterocycles. The van der Waals surface area contributed by atoms with Crippen LogP contribution in [0.4, 0.5) is 17.3 Å². The van der Waals surface area contributed by atoms with E-state index >= 15 is 0 Å². The van der Waals surface area contributed by atoms with Crippen LogP contribution in [0, 0.1) is 6.92 Å². The Morgan fingerprint density at radius 3 is 2.79 bits per heavy atom. The molecule has 24 heavy (non-hydrogen) atoms. The van der Waals surface area contributed by atoms with Crippen LogP contribution in [0.5, 0.6) is 0 Å². The standard InChI is InChI=1S/C17H15N7/c1-11-6-7-19-14(8-11)23-16-15(18)17(21-9-20-16)24-10-22-12-4-2-3-5-13(12)24/h2-10H,18H2,1H3,(H,19,20,21,23). The molecule has 0 amide bonds. The van der Waals surface area contributed by atoms with E-state index in [1.807, 2.05) is 47.9 Å². The third-order valence-electron chi connectivity index (χ3n) is 3.71. The monoisotopic (exact) mass is 317 g/mol. The van der Waals surface area contributed by atoms with Crippen LogP contribution in [0.15, 0.2) is 55.2 Å². The molecule has 7 heteroatoms. The van der Waals surface area contributed by atoms with Crippen molar-refractivity contribution in [3.8, 4) is 5.82 Å². The van der Waals surface area contributed by atoms with Crippen molar-refractivity contribution < 1.29 is 0 Å². The minimum absolute atomic E-state index is 0.434. The van der Waals surface area contributed by atoms with Crippen molar-refractivity contribution in [2.45, 2.75) is 6.92 Å². The number of fused-ring (bicyclic) bond motifs is 1. The number of nitrogen functional groups attached to an aromatic ring is 1. The molecule has 1 aromatic carbocycles. The maximum Gasteiger partial charge on any atom is 0.167 e. The normalized spacial score (nSPS) is 10.9. The number of nitrogens with one attached hydrogen (secondary N) is 1. The molecule has 0 fully saturated rings. The first-order valence-electron chi connectivity index (χ1n) is 7.45. The van der Waals surface area contributed by atoms with Crippen LogP contribution in [-0.4, -0.2) is 24.5 Å². The highest BCUT2D eigenvalue weighted by atomic mass is 15.2. The second-order valence-corrected chi connectivity index (χ2v) is 5.41. The van der Waals surface area contributed by atoms with Crippen molar-refractivity contribution in [2.24, 2.45) is 0 Å². The first kappa shape index (κ1) is 14.1. The van der Waals surface area contributed by atoms with Crippen molar-refractivity contribution in [2.75, 3.05) is 11.1 Å². The van der Waals surface area contributed by atoms with Crippen LogP contribution in [0.3, 0.4) is 0 Å². The van der Waals surface area contributed by atoms with Gasteiger partial charge in [0.05, 0.1) is 11.0 Å². The molecule has 4 rings (SSSR count). The van der Waals surface area contributed by atoms with E-state index in [0.717, 1.165) is 16.6 Å². The molecule has 0 atom stereocenters. The van der Waals surface area contributed by atoms with Gasteiger partial charge >= 0.3 is 0 Å². The van der Waals surface area contributed by atoms with Crippen LogP contribution >= 0.6 is 0 Å². The molecule has 0 aliphatic rings. The SMILES string of the molecule is Cc1ccnc(Nc2ncnc(-n3cnc4ccccc43)c2N)c1. The lowest BCUT2D eigenvalue weighted by Gasteiger charge is -2.11. The third-order valence-corrected chi connectivity index (χ3v) is 3.71. The summed E-state index contributed by atoms with van der Waals surface area (Å²) in [6.45, 7) is 2.00. The van der Waals surface area contributed by atoms with Crippen molar-refractivity contribution in [3.63, 3.8) is 0 Å². The highest BCUT2D eigenvalue weighted by Crippen LogP contribution is 2.26. The van der Waals surface area contributed by atoms with E-state index in [-0.39, 0.29) is 0 Å². The Kier molecular flexibility index (Phi) is 3.31. The Morgan fingerprint density at radius 1 is 1.04 bits per heavy atom.